The zero-order valence-electron chi connectivity index (χ0n) is 19.4. The first kappa shape index (κ1) is 28.4. The van der Waals surface area contributed by atoms with Crippen LogP contribution in [0, 0.1) is 0 Å². The molecule has 4 rings (SSSR count). The molecular weight excluding hydrogens is 683 g/mol. The molecule has 8 nitrogen and oxygen atoms in total. The Labute approximate surface area is 249 Å². The summed E-state index contributed by atoms with van der Waals surface area (Å²) in [4.78, 5) is 12.3. The van der Waals surface area contributed by atoms with Crippen LogP contribution < -0.4 is 14.9 Å². The lowest BCUT2D eigenvalue weighted by molar-refractivity contribution is -0.118. The minimum atomic E-state index is -0.351. The van der Waals surface area contributed by atoms with Crippen molar-refractivity contribution in [3.63, 3.8) is 0 Å². The van der Waals surface area contributed by atoms with E-state index in [1.807, 2.05) is 42.5 Å². The van der Waals surface area contributed by atoms with E-state index in [9.17, 15) is 4.79 Å². The Morgan fingerprint density at radius 1 is 1.05 bits per heavy atom. The Morgan fingerprint density at radius 2 is 1.87 bits per heavy atom. The molecule has 3 aromatic carbocycles. The van der Waals surface area contributed by atoms with Crippen molar-refractivity contribution in [1.82, 2.24) is 15.6 Å². The van der Waals surface area contributed by atoms with Crippen LogP contribution in [0.2, 0.25) is 10.0 Å². The van der Waals surface area contributed by atoms with Gasteiger partial charge in [0, 0.05) is 15.1 Å². The third-order valence-electron chi connectivity index (χ3n) is 4.68. The van der Waals surface area contributed by atoms with E-state index in [4.69, 9.17) is 37.1 Å². The molecule has 0 saturated carbocycles. The summed E-state index contributed by atoms with van der Waals surface area (Å²) < 4.78 is 18.7. The Bertz CT molecular complexity index is 1440. The van der Waals surface area contributed by atoms with Gasteiger partial charge in [-0.15, -0.1) is 10.2 Å². The number of amides is 1. The van der Waals surface area contributed by atoms with Crippen molar-refractivity contribution in [1.29, 1.82) is 0 Å². The summed E-state index contributed by atoms with van der Waals surface area (Å²) in [5.41, 5.74) is 4.20. The van der Waals surface area contributed by atoms with Crippen LogP contribution in [0.4, 0.5) is 0 Å². The summed E-state index contributed by atoms with van der Waals surface area (Å²) in [7, 11) is 0. The lowest BCUT2D eigenvalue weighted by Crippen LogP contribution is -2.19. The van der Waals surface area contributed by atoms with Gasteiger partial charge in [-0.2, -0.15) is 5.10 Å². The predicted molar refractivity (Wildman–Crippen MR) is 154 cm³/mol. The topological polar surface area (TPSA) is 98.8 Å². The fraction of sp³-hybridized carbons (Fsp3) is 0.120. The highest BCUT2D eigenvalue weighted by Crippen LogP contribution is 2.33. The number of benzene rings is 3. The van der Waals surface area contributed by atoms with Crippen molar-refractivity contribution >= 4 is 78.9 Å². The molecule has 0 unspecified atom stereocenters. The Balaban J connectivity index is 1.27. The van der Waals surface area contributed by atoms with Gasteiger partial charge in [0.05, 0.1) is 21.5 Å². The average molecular weight is 701 g/mol. The Hall–Kier alpha value is -2.57. The van der Waals surface area contributed by atoms with Crippen LogP contribution in [0.1, 0.15) is 17.0 Å². The second-order valence-corrected chi connectivity index (χ2v) is 11.0. The first-order valence-corrected chi connectivity index (χ1v) is 14.2. The van der Waals surface area contributed by atoms with Crippen molar-refractivity contribution in [2.45, 2.75) is 18.4 Å². The summed E-state index contributed by atoms with van der Waals surface area (Å²) in [6.07, 6.45) is 1.52. The van der Waals surface area contributed by atoms with Crippen molar-refractivity contribution in [3.05, 3.63) is 96.7 Å². The first-order chi connectivity index (χ1) is 18.4. The molecule has 1 aromatic heterocycles. The molecule has 0 saturated heterocycles. The molecule has 1 amide bonds. The number of nitrogens with zero attached hydrogens (tertiary/aromatic N) is 3. The van der Waals surface area contributed by atoms with Crippen molar-refractivity contribution in [3.8, 4) is 11.5 Å². The fourth-order valence-corrected chi connectivity index (χ4v) is 5.39. The molecule has 0 atom stereocenters. The largest absolute Gasteiger partial charge is 0.487 e. The number of rotatable bonds is 11. The molecule has 1 heterocycles. The van der Waals surface area contributed by atoms with Gasteiger partial charge in [0.25, 0.3) is 17.0 Å². The summed E-state index contributed by atoms with van der Waals surface area (Å²) in [5.74, 6) is 0.940. The lowest BCUT2D eigenvalue weighted by atomic mass is 10.2. The maximum absolute atomic E-state index is 12.3. The van der Waals surface area contributed by atoms with E-state index in [1.165, 1.54) is 6.21 Å². The standard InChI is InChI=1S/C25H18Br2Cl2N4O4S/c26-17-8-16(24(19(27)9-17)36-12-15-4-2-1-3-5-15)11-30-31-22(34)14-38-25-33-32-23(37-25)13-35-21-7-6-18(28)10-20(21)29/h1-11H,12-14H2,(H,31,34)/b30-11-. The average Bonchev–Trinajstić information content (AvgIpc) is 3.35. The Kier molecular flexibility index (Phi) is 10.5. The van der Waals surface area contributed by atoms with Crippen molar-refractivity contribution < 1.29 is 18.7 Å². The quantitative estimate of drug-likeness (QED) is 0.0996. The van der Waals surface area contributed by atoms with E-state index in [1.54, 1.807) is 18.2 Å². The van der Waals surface area contributed by atoms with Crippen LogP contribution in [-0.4, -0.2) is 28.1 Å². The summed E-state index contributed by atoms with van der Waals surface area (Å²) in [6, 6.07) is 18.4. The van der Waals surface area contributed by atoms with Gasteiger partial charge in [-0.3, -0.25) is 4.79 Å². The van der Waals surface area contributed by atoms with E-state index < -0.39 is 0 Å². The highest BCUT2D eigenvalue weighted by atomic mass is 79.9. The fourth-order valence-electron chi connectivity index (χ4n) is 2.98. The molecule has 0 spiro atoms. The van der Waals surface area contributed by atoms with Gasteiger partial charge in [0.1, 0.15) is 18.1 Å². The van der Waals surface area contributed by atoms with Crippen LogP contribution in [0.25, 0.3) is 0 Å². The van der Waals surface area contributed by atoms with Gasteiger partial charge in [-0.25, -0.2) is 5.43 Å². The number of ether oxygens (including phenoxy) is 2. The highest BCUT2D eigenvalue weighted by molar-refractivity contribution is 9.11. The first-order valence-electron chi connectivity index (χ1n) is 10.9. The van der Waals surface area contributed by atoms with Crippen molar-refractivity contribution in [2.75, 3.05) is 5.75 Å². The maximum Gasteiger partial charge on any atom is 0.277 e. The number of carbonyl (C=O) groups excluding carboxylic acids is 1. The molecule has 38 heavy (non-hydrogen) atoms. The van der Waals surface area contributed by atoms with Crippen LogP contribution >= 0.6 is 66.8 Å². The van der Waals surface area contributed by atoms with E-state index >= 15 is 0 Å². The number of hydrogen-bond acceptors (Lipinski definition) is 8. The minimum absolute atomic E-state index is 0.0161. The van der Waals surface area contributed by atoms with Gasteiger partial charge in [-0.1, -0.05) is 81.2 Å². The molecule has 1 N–H and O–H groups in total. The molecule has 0 aliphatic carbocycles. The normalized spacial score (nSPS) is 11.1. The van der Waals surface area contributed by atoms with E-state index in [-0.39, 0.29) is 29.4 Å². The van der Waals surface area contributed by atoms with Crippen LogP contribution in [0.15, 0.2) is 84.4 Å². The number of carbonyl (C=O) groups is 1. The lowest BCUT2D eigenvalue weighted by Gasteiger charge is -2.12. The smallest absolute Gasteiger partial charge is 0.277 e. The molecule has 196 valence electrons. The number of hydrogen-bond donors (Lipinski definition) is 1. The third kappa shape index (κ3) is 8.47. The summed E-state index contributed by atoms with van der Waals surface area (Å²) in [5, 5.41) is 13.0. The molecular formula is C25H18Br2Cl2N4O4S. The van der Waals surface area contributed by atoms with Gasteiger partial charge < -0.3 is 13.9 Å². The predicted octanol–water partition coefficient (Wildman–Crippen LogP) is 7.30. The zero-order valence-corrected chi connectivity index (χ0v) is 24.9. The molecule has 0 fully saturated rings. The van der Waals surface area contributed by atoms with Gasteiger partial charge in [0.2, 0.25) is 0 Å². The summed E-state index contributed by atoms with van der Waals surface area (Å²) in [6.45, 7) is 0.400. The number of nitrogens with one attached hydrogen (secondary N) is 1. The molecule has 0 bridgehead atoms. The van der Waals surface area contributed by atoms with Gasteiger partial charge in [0.15, 0.2) is 6.61 Å². The molecule has 0 aliphatic heterocycles. The number of thioether (sulfide) groups is 1. The maximum atomic E-state index is 12.3. The minimum Gasteiger partial charge on any atom is -0.487 e. The molecule has 0 aliphatic rings. The van der Waals surface area contributed by atoms with E-state index in [0.717, 1.165) is 26.3 Å². The SMILES string of the molecule is O=C(CSc1nnc(COc2ccc(Cl)cc2Cl)o1)N/N=C\c1cc(Br)cc(Br)c1OCc1ccccc1. The van der Waals surface area contributed by atoms with Gasteiger partial charge in [-0.05, 0) is 51.8 Å². The molecule has 0 radical (unpaired) electrons. The molecule has 13 heteroatoms. The second kappa shape index (κ2) is 14.0. The van der Waals surface area contributed by atoms with Crippen LogP contribution in [0.3, 0.4) is 0 Å². The number of aromatic nitrogens is 2. The van der Waals surface area contributed by atoms with Gasteiger partial charge >= 0.3 is 0 Å². The van der Waals surface area contributed by atoms with Crippen molar-refractivity contribution in [2.24, 2.45) is 5.10 Å². The van der Waals surface area contributed by atoms with Crippen LogP contribution in [0.5, 0.6) is 11.5 Å². The highest BCUT2D eigenvalue weighted by Gasteiger charge is 2.12. The number of hydrazone groups is 1. The second-order valence-electron chi connectivity index (χ2n) is 7.49. The van der Waals surface area contributed by atoms with Crippen LogP contribution in [-0.2, 0) is 18.0 Å². The number of halogens is 4. The van der Waals surface area contributed by atoms with E-state index in [2.05, 4.69) is 52.6 Å². The van der Waals surface area contributed by atoms with E-state index in [0.29, 0.717) is 33.7 Å². The molecule has 4 aromatic rings. The monoisotopic (exact) mass is 698 g/mol. The Morgan fingerprint density at radius 3 is 2.66 bits per heavy atom. The summed E-state index contributed by atoms with van der Waals surface area (Å²) >= 11 is 20.0. The third-order valence-corrected chi connectivity index (χ3v) is 7.07. The zero-order chi connectivity index (χ0) is 26.9.